The summed E-state index contributed by atoms with van der Waals surface area (Å²) < 4.78 is 43.2. The number of nitrogens with one attached hydrogen (secondary N) is 1. The number of anilines is 1. The third-order valence-corrected chi connectivity index (χ3v) is 3.09. The van der Waals surface area contributed by atoms with Gasteiger partial charge < -0.3 is 10.1 Å². The van der Waals surface area contributed by atoms with Gasteiger partial charge in [0.2, 0.25) is 0 Å². The Morgan fingerprint density at radius 3 is 2.04 bits per heavy atom. The van der Waals surface area contributed by atoms with Crippen LogP contribution in [0.15, 0.2) is 42.5 Å². The summed E-state index contributed by atoms with van der Waals surface area (Å²) in [5.41, 5.74) is -1.05. The molecule has 0 radical (unpaired) electrons. The first kappa shape index (κ1) is 18.6. The van der Waals surface area contributed by atoms with E-state index >= 15 is 0 Å². The average Bonchev–Trinajstić information content (AvgIpc) is 2.45. The Balaban J connectivity index is 2.28. The lowest BCUT2D eigenvalue weighted by molar-refractivity contribution is -0.384. The maximum absolute atomic E-state index is 12.6. The van der Waals surface area contributed by atoms with Gasteiger partial charge in [0.05, 0.1) is 10.5 Å². The SMILES string of the molecule is CC(C)(C)Nc1cc(Oc2ccc(C(F)(F)F)cc2)ccc1[N+](=O)[O-]. The molecule has 0 aliphatic carbocycles. The van der Waals surface area contributed by atoms with Crippen molar-refractivity contribution < 1.29 is 22.8 Å². The fourth-order valence-corrected chi connectivity index (χ4v) is 2.09. The van der Waals surface area contributed by atoms with Gasteiger partial charge in [-0.05, 0) is 51.1 Å². The fraction of sp³-hybridized carbons (Fsp3) is 0.294. The molecule has 2 aromatic carbocycles. The third-order valence-electron chi connectivity index (χ3n) is 3.09. The molecule has 0 saturated carbocycles. The van der Waals surface area contributed by atoms with Crippen molar-refractivity contribution in [2.75, 3.05) is 5.32 Å². The van der Waals surface area contributed by atoms with Crippen molar-refractivity contribution in [1.29, 1.82) is 0 Å². The van der Waals surface area contributed by atoms with Gasteiger partial charge in [-0.1, -0.05) is 0 Å². The minimum absolute atomic E-state index is 0.116. The lowest BCUT2D eigenvalue weighted by Crippen LogP contribution is -2.26. The number of hydrogen-bond donors (Lipinski definition) is 1. The molecule has 0 aromatic heterocycles. The molecule has 2 rings (SSSR count). The van der Waals surface area contributed by atoms with Crippen LogP contribution in [-0.2, 0) is 6.18 Å². The van der Waals surface area contributed by atoms with Crippen LogP contribution >= 0.6 is 0 Å². The van der Waals surface area contributed by atoms with Crippen molar-refractivity contribution in [3.8, 4) is 11.5 Å². The largest absolute Gasteiger partial charge is 0.457 e. The highest BCUT2D eigenvalue weighted by atomic mass is 19.4. The Morgan fingerprint density at radius 1 is 1.00 bits per heavy atom. The number of nitrogens with zero attached hydrogens (tertiary/aromatic N) is 1. The van der Waals surface area contributed by atoms with E-state index in [4.69, 9.17) is 4.74 Å². The van der Waals surface area contributed by atoms with Crippen LogP contribution in [0.25, 0.3) is 0 Å². The summed E-state index contributed by atoms with van der Waals surface area (Å²) >= 11 is 0. The average molecular weight is 354 g/mol. The minimum atomic E-state index is -4.42. The highest BCUT2D eigenvalue weighted by Crippen LogP contribution is 2.34. The van der Waals surface area contributed by atoms with Crippen LogP contribution in [0.5, 0.6) is 11.5 Å². The second-order valence-corrected chi connectivity index (χ2v) is 6.44. The quantitative estimate of drug-likeness (QED) is 0.572. The molecule has 0 bridgehead atoms. The number of benzene rings is 2. The Morgan fingerprint density at radius 2 is 1.56 bits per heavy atom. The van der Waals surface area contributed by atoms with Crippen LogP contribution in [0.3, 0.4) is 0 Å². The molecule has 134 valence electrons. The molecule has 0 amide bonds. The summed E-state index contributed by atoms with van der Waals surface area (Å²) in [6.45, 7) is 5.54. The molecule has 2 aromatic rings. The van der Waals surface area contributed by atoms with E-state index in [0.29, 0.717) is 0 Å². The van der Waals surface area contributed by atoms with E-state index in [9.17, 15) is 23.3 Å². The second-order valence-electron chi connectivity index (χ2n) is 6.44. The monoisotopic (exact) mass is 354 g/mol. The topological polar surface area (TPSA) is 64.4 Å². The molecule has 0 spiro atoms. The number of alkyl halides is 3. The molecular weight excluding hydrogens is 337 g/mol. The van der Waals surface area contributed by atoms with Crippen LogP contribution in [0.4, 0.5) is 24.5 Å². The first-order valence-corrected chi connectivity index (χ1v) is 7.37. The molecule has 8 heteroatoms. The van der Waals surface area contributed by atoms with Crippen molar-refractivity contribution in [3.63, 3.8) is 0 Å². The minimum Gasteiger partial charge on any atom is -0.457 e. The second kappa shape index (κ2) is 6.62. The molecular formula is C17H17F3N2O3. The zero-order chi connectivity index (χ0) is 18.8. The predicted molar refractivity (Wildman–Crippen MR) is 88.0 cm³/mol. The summed E-state index contributed by atoms with van der Waals surface area (Å²) in [5, 5.41) is 14.1. The van der Waals surface area contributed by atoms with Gasteiger partial charge in [-0.3, -0.25) is 10.1 Å². The number of halogens is 3. The van der Waals surface area contributed by atoms with Gasteiger partial charge in [0.1, 0.15) is 17.2 Å². The van der Waals surface area contributed by atoms with Gasteiger partial charge >= 0.3 is 6.18 Å². The van der Waals surface area contributed by atoms with Gasteiger partial charge in [0.15, 0.2) is 0 Å². The maximum Gasteiger partial charge on any atom is 0.416 e. The Kier molecular flexibility index (Phi) is 4.92. The predicted octanol–water partition coefficient (Wildman–Crippen LogP) is 5.62. The summed E-state index contributed by atoms with van der Waals surface area (Å²) in [4.78, 5) is 10.6. The van der Waals surface area contributed by atoms with E-state index in [1.165, 1.54) is 30.3 Å². The maximum atomic E-state index is 12.6. The molecule has 0 aliphatic heterocycles. The number of rotatable bonds is 4. The highest BCUT2D eigenvalue weighted by Gasteiger charge is 2.30. The Labute approximate surface area is 142 Å². The number of nitro groups is 1. The van der Waals surface area contributed by atoms with E-state index in [-0.39, 0.29) is 22.9 Å². The lowest BCUT2D eigenvalue weighted by Gasteiger charge is -2.22. The number of hydrogen-bond acceptors (Lipinski definition) is 4. The standard InChI is InChI=1S/C17H17F3N2O3/c1-16(2,3)21-14-10-13(8-9-15(14)22(23)24)25-12-6-4-11(5-7-12)17(18,19)20/h4-10,21H,1-3H3. The van der Waals surface area contributed by atoms with Crippen LogP contribution in [-0.4, -0.2) is 10.5 Å². The Bertz CT molecular complexity index is 766. The van der Waals surface area contributed by atoms with Crippen LogP contribution < -0.4 is 10.1 Å². The van der Waals surface area contributed by atoms with Crippen molar-refractivity contribution in [3.05, 3.63) is 58.1 Å². The number of nitro benzene ring substituents is 1. The molecule has 0 atom stereocenters. The van der Waals surface area contributed by atoms with Gasteiger partial charge in [-0.25, -0.2) is 0 Å². The third kappa shape index (κ3) is 5.10. The summed E-state index contributed by atoms with van der Waals surface area (Å²) in [6, 6.07) is 8.34. The van der Waals surface area contributed by atoms with Gasteiger partial charge in [-0.2, -0.15) is 13.2 Å². The summed E-state index contributed by atoms with van der Waals surface area (Å²) in [7, 11) is 0. The van der Waals surface area contributed by atoms with E-state index in [0.717, 1.165) is 12.1 Å². The van der Waals surface area contributed by atoms with Crippen molar-refractivity contribution in [2.45, 2.75) is 32.5 Å². The zero-order valence-corrected chi connectivity index (χ0v) is 13.8. The first-order chi connectivity index (χ1) is 11.5. The normalized spacial score (nSPS) is 11.9. The van der Waals surface area contributed by atoms with Crippen molar-refractivity contribution in [2.24, 2.45) is 0 Å². The summed E-state index contributed by atoms with van der Waals surface area (Å²) in [5.74, 6) is 0.473. The molecule has 0 aliphatic rings. The van der Waals surface area contributed by atoms with E-state index < -0.39 is 22.2 Å². The fourth-order valence-electron chi connectivity index (χ4n) is 2.09. The van der Waals surface area contributed by atoms with Crippen LogP contribution in [0.2, 0.25) is 0 Å². The zero-order valence-electron chi connectivity index (χ0n) is 13.8. The molecule has 0 saturated heterocycles. The Hall–Kier alpha value is -2.77. The van der Waals surface area contributed by atoms with Gasteiger partial charge in [0, 0.05) is 17.7 Å². The molecule has 0 unspecified atom stereocenters. The van der Waals surface area contributed by atoms with E-state index in [1.807, 2.05) is 20.8 Å². The van der Waals surface area contributed by atoms with Gasteiger partial charge in [-0.15, -0.1) is 0 Å². The summed E-state index contributed by atoms with van der Waals surface area (Å²) in [6.07, 6.45) is -4.42. The smallest absolute Gasteiger partial charge is 0.416 e. The lowest BCUT2D eigenvalue weighted by atomic mass is 10.1. The van der Waals surface area contributed by atoms with Crippen molar-refractivity contribution >= 4 is 11.4 Å². The molecule has 5 nitrogen and oxygen atoms in total. The molecule has 0 fully saturated rings. The number of ether oxygens (including phenoxy) is 1. The van der Waals surface area contributed by atoms with Crippen LogP contribution in [0.1, 0.15) is 26.3 Å². The van der Waals surface area contributed by atoms with Gasteiger partial charge in [0.25, 0.3) is 5.69 Å². The highest BCUT2D eigenvalue weighted by molar-refractivity contribution is 5.65. The van der Waals surface area contributed by atoms with Crippen LogP contribution in [0, 0.1) is 10.1 Å². The first-order valence-electron chi connectivity index (χ1n) is 7.37. The van der Waals surface area contributed by atoms with E-state index in [1.54, 1.807) is 0 Å². The molecule has 0 heterocycles. The molecule has 25 heavy (non-hydrogen) atoms. The molecule has 1 N–H and O–H groups in total. The van der Waals surface area contributed by atoms with E-state index in [2.05, 4.69) is 5.32 Å². The van der Waals surface area contributed by atoms with Crippen molar-refractivity contribution in [1.82, 2.24) is 0 Å².